The lowest BCUT2D eigenvalue weighted by atomic mass is 9.66. The topological polar surface area (TPSA) is 15.7 Å². The van der Waals surface area contributed by atoms with E-state index in [9.17, 15) is 0 Å². The van der Waals surface area contributed by atoms with E-state index in [1.165, 1.54) is 76.7 Å². The molecule has 0 bridgehead atoms. The molecule has 0 unspecified atom stereocenters. The highest BCUT2D eigenvalue weighted by molar-refractivity contribution is 5.59. The van der Waals surface area contributed by atoms with Crippen molar-refractivity contribution in [3.05, 3.63) is 23.8 Å². The van der Waals surface area contributed by atoms with Crippen LogP contribution in [0.2, 0.25) is 0 Å². The molecule has 1 heterocycles. The number of anilines is 1. The van der Waals surface area contributed by atoms with Crippen molar-refractivity contribution in [1.29, 1.82) is 0 Å². The molecule has 0 atom stereocenters. The largest absolute Gasteiger partial charge is 0.497 e. The van der Waals surface area contributed by atoms with Crippen LogP contribution in [0.4, 0.5) is 5.69 Å². The van der Waals surface area contributed by atoms with E-state index in [1.54, 1.807) is 12.7 Å². The summed E-state index contributed by atoms with van der Waals surface area (Å²) in [5, 5.41) is 0. The van der Waals surface area contributed by atoms with Crippen LogP contribution >= 0.6 is 0 Å². The highest BCUT2D eigenvalue weighted by atomic mass is 16.5. The first-order valence-corrected chi connectivity index (χ1v) is 11.8. The zero-order valence-electron chi connectivity index (χ0n) is 18.4. The van der Waals surface area contributed by atoms with Gasteiger partial charge < -0.3 is 9.64 Å². The number of piperazine rings is 1. The molecule has 28 heavy (non-hydrogen) atoms. The minimum absolute atomic E-state index is 0.609. The Balaban J connectivity index is 1.47. The molecule has 3 aliphatic rings. The van der Waals surface area contributed by atoms with Crippen molar-refractivity contribution in [1.82, 2.24) is 4.90 Å². The predicted molar refractivity (Wildman–Crippen MR) is 119 cm³/mol. The van der Waals surface area contributed by atoms with E-state index in [2.05, 4.69) is 41.8 Å². The Hall–Kier alpha value is -1.22. The molecule has 0 spiro atoms. The fourth-order valence-corrected chi connectivity index (χ4v) is 5.60. The Morgan fingerprint density at radius 2 is 1.64 bits per heavy atom. The highest BCUT2D eigenvalue weighted by Gasteiger charge is 2.34. The Bertz CT molecular complexity index is 632. The molecular weight excluding hydrogens is 344 g/mol. The predicted octanol–water partition coefficient (Wildman–Crippen LogP) is 5.69. The molecule has 0 radical (unpaired) electrons. The van der Waals surface area contributed by atoms with E-state index in [1.807, 2.05) is 0 Å². The molecule has 2 aliphatic carbocycles. The fraction of sp³-hybridized carbons (Fsp3) is 0.760. The van der Waals surface area contributed by atoms with Crippen molar-refractivity contribution in [3.8, 4) is 5.75 Å². The molecule has 2 saturated carbocycles. The van der Waals surface area contributed by atoms with Crippen molar-refractivity contribution in [3.63, 3.8) is 0 Å². The first-order valence-electron chi connectivity index (χ1n) is 11.8. The summed E-state index contributed by atoms with van der Waals surface area (Å²) < 4.78 is 5.60. The van der Waals surface area contributed by atoms with E-state index in [-0.39, 0.29) is 0 Å². The molecule has 0 N–H and O–H groups in total. The second-order valence-corrected chi connectivity index (χ2v) is 9.64. The molecule has 1 aromatic carbocycles. The molecule has 0 aromatic heterocycles. The monoisotopic (exact) mass is 384 g/mol. The number of rotatable bonds is 7. The van der Waals surface area contributed by atoms with Gasteiger partial charge in [0.25, 0.3) is 0 Å². The number of ether oxygens (including phenoxy) is 1. The summed E-state index contributed by atoms with van der Waals surface area (Å²) in [6.45, 7) is 10.9. The van der Waals surface area contributed by atoms with Gasteiger partial charge in [0.15, 0.2) is 0 Å². The van der Waals surface area contributed by atoms with Gasteiger partial charge in [-0.3, -0.25) is 4.90 Å². The maximum absolute atomic E-state index is 5.60. The van der Waals surface area contributed by atoms with Crippen molar-refractivity contribution in [2.24, 2.45) is 11.3 Å². The van der Waals surface area contributed by atoms with Crippen LogP contribution < -0.4 is 9.64 Å². The van der Waals surface area contributed by atoms with Gasteiger partial charge in [-0.25, -0.2) is 0 Å². The fourth-order valence-electron chi connectivity index (χ4n) is 5.60. The number of hydrogen-bond donors (Lipinski definition) is 0. The van der Waals surface area contributed by atoms with Gasteiger partial charge in [0, 0.05) is 44.5 Å². The zero-order valence-corrected chi connectivity index (χ0v) is 18.4. The standard InChI is InChI=1S/C25H40N2O/c1-4-25(5-2)12-10-21(11-13-25)23-9-8-22(28-3)18-24(23)27-16-14-26(15-17-27)19-20-6-7-20/h8-9,18,20-21H,4-7,10-17,19H2,1-3H3. The Morgan fingerprint density at radius 3 is 2.21 bits per heavy atom. The molecule has 3 nitrogen and oxygen atoms in total. The van der Waals surface area contributed by atoms with E-state index in [0.717, 1.165) is 30.7 Å². The van der Waals surface area contributed by atoms with Crippen LogP contribution in [0.3, 0.4) is 0 Å². The number of nitrogens with zero attached hydrogens (tertiary/aromatic N) is 2. The Labute approximate surface area is 172 Å². The maximum Gasteiger partial charge on any atom is 0.120 e. The third-order valence-electron chi connectivity index (χ3n) is 8.15. The molecule has 3 heteroatoms. The summed E-state index contributed by atoms with van der Waals surface area (Å²) in [5.74, 6) is 2.72. The summed E-state index contributed by atoms with van der Waals surface area (Å²) in [7, 11) is 1.80. The van der Waals surface area contributed by atoms with E-state index in [0.29, 0.717) is 5.41 Å². The second kappa shape index (κ2) is 8.65. The van der Waals surface area contributed by atoms with Crippen LogP contribution in [-0.2, 0) is 0 Å². The maximum atomic E-state index is 5.60. The first-order chi connectivity index (χ1) is 13.7. The van der Waals surface area contributed by atoms with Crippen molar-refractivity contribution in [2.75, 3.05) is 44.7 Å². The van der Waals surface area contributed by atoms with Crippen LogP contribution in [0, 0.1) is 11.3 Å². The Kier molecular flexibility index (Phi) is 6.20. The number of benzene rings is 1. The van der Waals surface area contributed by atoms with Crippen LogP contribution in [-0.4, -0.2) is 44.7 Å². The van der Waals surface area contributed by atoms with Crippen LogP contribution in [0.5, 0.6) is 5.75 Å². The van der Waals surface area contributed by atoms with Gasteiger partial charge >= 0.3 is 0 Å². The lowest BCUT2D eigenvalue weighted by molar-refractivity contribution is 0.159. The molecule has 3 fully saturated rings. The normalized spacial score (nSPS) is 23.8. The summed E-state index contributed by atoms with van der Waals surface area (Å²) in [4.78, 5) is 5.33. The third kappa shape index (κ3) is 4.35. The molecular formula is C25H40N2O. The molecule has 0 amide bonds. The lowest BCUT2D eigenvalue weighted by Gasteiger charge is -2.41. The lowest BCUT2D eigenvalue weighted by Crippen LogP contribution is -2.47. The van der Waals surface area contributed by atoms with Crippen molar-refractivity contribution >= 4 is 5.69 Å². The van der Waals surface area contributed by atoms with Gasteiger partial charge in [-0.15, -0.1) is 0 Å². The van der Waals surface area contributed by atoms with Gasteiger partial charge in [-0.1, -0.05) is 32.8 Å². The smallest absolute Gasteiger partial charge is 0.120 e. The zero-order chi connectivity index (χ0) is 19.6. The van der Waals surface area contributed by atoms with Gasteiger partial charge in [-0.2, -0.15) is 0 Å². The van der Waals surface area contributed by atoms with Crippen molar-refractivity contribution < 1.29 is 4.74 Å². The third-order valence-corrected chi connectivity index (χ3v) is 8.15. The van der Waals surface area contributed by atoms with Crippen LogP contribution in [0.1, 0.15) is 76.7 Å². The second-order valence-electron chi connectivity index (χ2n) is 9.64. The minimum Gasteiger partial charge on any atom is -0.497 e. The van der Waals surface area contributed by atoms with E-state index >= 15 is 0 Å². The van der Waals surface area contributed by atoms with Crippen molar-refractivity contribution in [2.45, 2.75) is 71.1 Å². The Morgan fingerprint density at radius 1 is 0.964 bits per heavy atom. The quantitative estimate of drug-likeness (QED) is 0.600. The molecule has 1 saturated heterocycles. The van der Waals surface area contributed by atoms with Gasteiger partial charge in [0.1, 0.15) is 5.75 Å². The number of methoxy groups -OCH3 is 1. The molecule has 1 aromatic rings. The molecule has 156 valence electrons. The van der Waals surface area contributed by atoms with Gasteiger partial charge in [0.2, 0.25) is 0 Å². The van der Waals surface area contributed by atoms with E-state index < -0.39 is 0 Å². The average Bonchev–Trinajstić information content (AvgIpc) is 3.58. The van der Waals surface area contributed by atoms with Crippen LogP contribution in [0.25, 0.3) is 0 Å². The average molecular weight is 385 g/mol. The SMILES string of the molecule is CCC1(CC)CCC(c2ccc(OC)cc2N2CCN(CC3CC3)CC2)CC1. The molecule has 4 rings (SSSR count). The summed E-state index contributed by atoms with van der Waals surface area (Å²) in [5.41, 5.74) is 3.64. The number of hydrogen-bond acceptors (Lipinski definition) is 3. The summed E-state index contributed by atoms with van der Waals surface area (Å²) >= 11 is 0. The van der Waals surface area contributed by atoms with Crippen LogP contribution in [0.15, 0.2) is 18.2 Å². The van der Waals surface area contributed by atoms with E-state index in [4.69, 9.17) is 4.74 Å². The summed E-state index contributed by atoms with van der Waals surface area (Å²) in [6.07, 6.45) is 11.1. The van der Waals surface area contributed by atoms with Gasteiger partial charge in [-0.05, 0) is 67.4 Å². The van der Waals surface area contributed by atoms with Gasteiger partial charge in [0.05, 0.1) is 7.11 Å². The minimum atomic E-state index is 0.609. The summed E-state index contributed by atoms with van der Waals surface area (Å²) in [6, 6.07) is 6.87. The molecule has 1 aliphatic heterocycles. The first kappa shape index (κ1) is 20.1. The highest BCUT2D eigenvalue weighted by Crippen LogP contribution is 2.49.